The van der Waals surface area contributed by atoms with Gasteiger partial charge in [-0.05, 0) is 83.4 Å². The lowest BCUT2D eigenvalue weighted by molar-refractivity contribution is 0.0929. The van der Waals surface area contributed by atoms with Crippen LogP contribution in [0.4, 0.5) is 0 Å². The lowest BCUT2D eigenvalue weighted by atomic mass is 10.2. The zero-order chi connectivity index (χ0) is 23.2. The van der Waals surface area contributed by atoms with Crippen LogP contribution in [0, 0.1) is 6.92 Å². The third kappa shape index (κ3) is 5.81. The first-order valence-corrected chi connectivity index (χ1v) is 11.3. The van der Waals surface area contributed by atoms with Crippen LogP contribution in [0.15, 0.2) is 80.7 Å². The lowest BCUT2D eigenvalue weighted by Crippen LogP contribution is -2.16. The van der Waals surface area contributed by atoms with Crippen LogP contribution >= 0.6 is 15.9 Å². The number of hydrogen-bond acceptors (Lipinski definition) is 5. The van der Waals surface area contributed by atoms with E-state index in [1.165, 1.54) is 5.56 Å². The molecule has 0 bridgehead atoms. The van der Waals surface area contributed by atoms with Crippen LogP contribution in [0.1, 0.15) is 34.2 Å². The van der Waals surface area contributed by atoms with Crippen molar-refractivity contribution in [1.82, 2.24) is 5.43 Å². The first-order valence-electron chi connectivity index (χ1n) is 10.5. The van der Waals surface area contributed by atoms with Gasteiger partial charge in [-0.2, -0.15) is 5.10 Å². The van der Waals surface area contributed by atoms with E-state index in [9.17, 15) is 4.79 Å². The summed E-state index contributed by atoms with van der Waals surface area (Å²) in [6.45, 7) is 5.02. The van der Waals surface area contributed by atoms with Crippen LogP contribution in [0.2, 0.25) is 0 Å². The van der Waals surface area contributed by atoms with Gasteiger partial charge in [0.25, 0.3) is 0 Å². The molecule has 0 saturated heterocycles. The molecule has 7 heteroatoms. The molecule has 0 radical (unpaired) electrons. The van der Waals surface area contributed by atoms with E-state index in [1.54, 1.807) is 24.4 Å². The van der Waals surface area contributed by atoms with Gasteiger partial charge in [0.1, 0.15) is 23.7 Å². The minimum Gasteiger partial charge on any atom is -0.494 e. The fourth-order valence-electron chi connectivity index (χ4n) is 3.17. The number of halogens is 1. The number of ether oxygens (including phenoxy) is 2. The summed E-state index contributed by atoms with van der Waals surface area (Å²) in [4.78, 5) is 12.4. The van der Waals surface area contributed by atoms with Crippen LogP contribution in [-0.2, 0) is 6.61 Å². The second-order valence-electron chi connectivity index (χ2n) is 7.41. The highest BCUT2D eigenvalue weighted by Crippen LogP contribution is 2.27. The molecule has 6 nitrogen and oxygen atoms in total. The van der Waals surface area contributed by atoms with Crippen molar-refractivity contribution in [2.24, 2.45) is 5.10 Å². The van der Waals surface area contributed by atoms with Gasteiger partial charge >= 0.3 is 5.91 Å². The summed E-state index contributed by atoms with van der Waals surface area (Å²) in [5, 5.41) is 4.83. The van der Waals surface area contributed by atoms with Gasteiger partial charge in [-0.15, -0.1) is 0 Å². The molecule has 3 aromatic carbocycles. The topological polar surface area (TPSA) is 73.1 Å². The molecule has 0 fully saturated rings. The van der Waals surface area contributed by atoms with E-state index in [0.717, 1.165) is 32.5 Å². The molecule has 168 valence electrons. The molecule has 0 aliphatic heterocycles. The largest absolute Gasteiger partial charge is 0.494 e. The number of carbonyl (C=O) groups excluding carboxylic acids is 1. The number of benzene rings is 3. The first kappa shape index (κ1) is 22.6. The smallest absolute Gasteiger partial charge is 0.307 e. The Hall–Kier alpha value is -3.58. The third-order valence-electron chi connectivity index (χ3n) is 4.87. The van der Waals surface area contributed by atoms with Crippen molar-refractivity contribution in [3.8, 4) is 11.5 Å². The number of hydrogen-bond donors (Lipinski definition) is 1. The van der Waals surface area contributed by atoms with Gasteiger partial charge in [0.2, 0.25) is 0 Å². The SMILES string of the molecule is CCOc1ccc2oc(C(=O)N/N=C/c3ccc(OCc4ccc(C)cc4)c(Br)c3)cc2c1. The van der Waals surface area contributed by atoms with Gasteiger partial charge in [-0.25, -0.2) is 5.43 Å². The zero-order valence-electron chi connectivity index (χ0n) is 18.3. The van der Waals surface area contributed by atoms with Gasteiger partial charge < -0.3 is 13.9 Å². The summed E-state index contributed by atoms with van der Waals surface area (Å²) in [6, 6.07) is 20.9. The summed E-state index contributed by atoms with van der Waals surface area (Å²) >= 11 is 3.53. The molecule has 1 heterocycles. The highest BCUT2D eigenvalue weighted by atomic mass is 79.9. The van der Waals surface area contributed by atoms with E-state index in [4.69, 9.17) is 13.9 Å². The molecule has 4 aromatic rings. The average Bonchev–Trinajstić information content (AvgIpc) is 3.23. The van der Waals surface area contributed by atoms with E-state index in [0.29, 0.717) is 18.8 Å². The highest BCUT2D eigenvalue weighted by molar-refractivity contribution is 9.10. The predicted octanol–water partition coefficient (Wildman–Crippen LogP) is 6.25. The standard InChI is InChI=1S/C26H23BrN2O4/c1-3-31-21-9-11-23-20(13-21)14-25(33-23)26(30)29-28-15-19-8-10-24(22(27)12-19)32-16-18-6-4-17(2)5-7-18/h4-15H,3,16H2,1-2H3,(H,29,30)/b28-15+. The maximum absolute atomic E-state index is 12.4. The number of amides is 1. The molecule has 0 unspecified atom stereocenters. The van der Waals surface area contributed by atoms with E-state index in [1.807, 2.05) is 43.3 Å². The number of carbonyl (C=O) groups is 1. The molecule has 1 N–H and O–H groups in total. The minimum absolute atomic E-state index is 0.178. The van der Waals surface area contributed by atoms with Crippen molar-refractivity contribution in [1.29, 1.82) is 0 Å². The quantitative estimate of drug-likeness (QED) is 0.226. The van der Waals surface area contributed by atoms with Gasteiger partial charge in [-0.1, -0.05) is 29.8 Å². The van der Waals surface area contributed by atoms with Crippen molar-refractivity contribution in [3.05, 3.63) is 93.7 Å². The van der Waals surface area contributed by atoms with Crippen molar-refractivity contribution < 1.29 is 18.7 Å². The summed E-state index contributed by atoms with van der Waals surface area (Å²) in [6.07, 6.45) is 1.56. The average molecular weight is 507 g/mol. The van der Waals surface area contributed by atoms with E-state index < -0.39 is 5.91 Å². The second-order valence-corrected chi connectivity index (χ2v) is 8.26. The number of nitrogens with zero attached hydrogens (tertiary/aromatic N) is 1. The van der Waals surface area contributed by atoms with Crippen LogP contribution in [0.3, 0.4) is 0 Å². The normalized spacial score (nSPS) is 11.1. The fraction of sp³-hybridized carbons (Fsp3) is 0.154. The Morgan fingerprint density at radius 3 is 2.64 bits per heavy atom. The predicted molar refractivity (Wildman–Crippen MR) is 132 cm³/mol. The van der Waals surface area contributed by atoms with Gasteiger partial charge in [0, 0.05) is 5.39 Å². The second kappa shape index (κ2) is 10.4. The summed E-state index contributed by atoms with van der Waals surface area (Å²) < 4.78 is 17.8. The Labute approximate surface area is 200 Å². The zero-order valence-corrected chi connectivity index (χ0v) is 19.9. The third-order valence-corrected chi connectivity index (χ3v) is 5.49. The van der Waals surface area contributed by atoms with Crippen molar-refractivity contribution >= 4 is 39.0 Å². The van der Waals surface area contributed by atoms with Crippen LogP contribution in [0.25, 0.3) is 11.0 Å². The number of fused-ring (bicyclic) bond motifs is 1. The van der Waals surface area contributed by atoms with Crippen LogP contribution in [0.5, 0.6) is 11.5 Å². The van der Waals surface area contributed by atoms with Crippen molar-refractivity contribution in [3.63, 3.8) is 0 Å². The van der Waals surface area contributed by atoms with E-state index >= 15 is 0 Å². The molecule has 1 amide bonds. The fourth-order valence-corrected chi connectivity index (χ4v) is 3.68. The number of furan rings is 1. The Morgan fingerprint density at radius 2 is 1.88 bits per heavy atom. The number of rotatable bonds is 8. The maximum Gasteiger partial charge on any atom is 0.307 e. The van der Waals surface area contributed by atoms with Crippen LogP contribution < -0.4 is 14.9 Å². The van der Waals surface area contributed by atoms with Crippen molar-refractivity contribution in [2.75, 3.05) is 6.61 Å². The van der Waals surface area contributed by atoms with Crippen LogP contribution in [-0.4, -0.2) is 18.7 Å². The molecule has 0 aliphatic carbocycles. The molecule has 33 heavy (non-hydrogen) atoms. The molecule has 0 atom stereocenters. The summed E-state index contributed by atoms with van der Waals surface area (Å²) in [5.74, 6) is 1.20. The molecule has 0 aliphatic rings. The first-order chi connectivity index (χ1) is 16.0. The summed E-state index contributed by atoms with van der Waals surface area (Å²) in [5.41, 5.74) is 6.22. The Morgan fingerprint density at radius 1 is 1.06 bits per heavy atom. The van der Waals surface area contributed by atoms with Crippen molar-refractivity contribution in [2.45, 2.75) is 20.5 Å². The van der Waals surface area contributed by atoms with Gasteiger partial charge in [0.15, 0.2) is 5.76 Å². The number of nitrogens with one attached hydrogen (secondary N) is 1. The Balaban J connectivity index is 1.35. The monoisotopic (exact) mass is 506 g/mol. The lowest BCUT2D eigenvalue weighted by Gasteiger charge is -2.09. The molecular formula is C26H23BrN2O4. The number of hydrazone groups is 1. The molecular weight excluding hydrogens is 484 g/mol. The molecule has 1 aromatic heterocycles. The van der Waals surface area contributed by atoms with Gasteiger partial charge in [-0.3, -0.25) is 4.79 Å². The maximum atomic E-state index is 12.4. The van der Waals surface area contributed by atoms with E-state index in [2.05, 4.69) is 45.5 Å². The molecule has 4 rings (SSSR count). The molecule has 0 spiro atoms. The van der Waals surface area contributed by atoms with Gasteiger partial charge in [0.05, 0.1) is 17.3 Å². The number of aryl methyl sites for hydroxylation is 1. The van der Waals surface area contributed by atoms with E-state index in [-0.39, 0.29) is 5.76 Å². The Bertz CT molecular complexity index is 1300. The molecule has 0 saturated carbocycles. The minimum atomic E-state index is -0.433. The Kier molecular flexibility index (Phi) is 7.10. The highest BCUT2D eigenvalue weighted by Gasteiger charge is 2.12. The summed E-state index contributed by atoms with van der Waals surface area (Å²) in [7, 11) is 0.